The molecule has 10 heavy (non-hydrogen) atoms. The number of pyridine rings is 1. The highest BCUT2D eigenvalue weighted by Crippen LogP contribution is 2.04. The molecule has 0 aliphatic carbocycles. The average Bonchev–Trinajstić information content (AvgIpc) is 2.36. The summed E-state index contributed by atoms with van der Waals surface area (Å²) in [6.45, 7) is 0. The Morgan fingerprint density at radius 2 is 2.30 bits per heavy atom. The Hall–Kier alpha value is -1.58. The molecule has 0 fully saturated rings. The molecular weight excluding hydrogens is 128 g/mol. The van der Waals surface area contributed by atoms with Crippen molar-refractivity contribution in [2.45, 2.75) is 0 Å². The fourth-order valence-corrected chi connectivity index (χ4v) is 0.873. The molecule has 0 aliphatic heterocycles. The van der Waals surface area contributed by atoms with Gasteiger partial charge in [0, 0.05) is 0 Å². The lowest BCUT2D eigenvalue weighted by Gasteiger charge is -1.93. The zero-order chi connectivity index (χ0) is 6.97. The van der Waals surface area contributed by atoms with Crippen molar-refractivity contribution in [3.63, 3.8) is 0 Å². The molecule has 0 atom stereocenters. The quantitative estimate of drug-likeness (QED) is 0.564. The molecule has 0 aliphatic rings. The molecule has 2 aromatic heterocycles. The normalized spacial score (nSPS) is 10.4. The van der Waals surface area contributed by atoms with Gasteiger partial charge in [-0.1, -0.05) is 11.3 Å². The van der Waals surface area contributed by atoms with Crippen molar-refractivity contribution in [3.05, 3.63) is 24.4 Å². The fraction of sp³-hybridized carbons (Fsp3) is 0. The van der Waals surface area contributed by atoms with Gasteiger partial charge < -0.3 is 5.73 Å². The maximum absolute atomic E-state index is 5.56. The summed E-state index contributed by atoms with van der Waals surface area (Å²) in [7, 11) is 0. The lowest BCUT2D eigenvalue weighted by molar-refractivity contribution is 0.864. The molecule has 0 bridgehead atoms. The van der Waals surface area contributed by atoms with E-state index in [1.54, 1.807) is 16.8 Å². The molecule has 2 heterocycles. The molecule has 50 valence electrons. The Morgan fingerprint density at radius 1 is 1.40 bits per heavy atom. The molecule has 2 rings (SSSR count). The smallest absolute Gasteiger partial charge is 0.127 e. The predicted octanol–water partition coefficient (Wildman–Crippen LogP) is 0.311. The van der Waals surface area contributed by atoms with Gasteiger partial charge >= 0.3 is 0 Å². The zero-order valence-corrected chi connectivity index (χ0v) is 5.23. The number of aromatic nitrogens is 3. The third-order valence-electron chi connectivity index (χ3n) is 1.35. The van der Waals surface area contributed by atoms with Gasteiger partial charge in [0.25, 0.3) is 0 Å². The number of nitrogen functional groups attached to an aromatic ring is 1. The minimum atomic E-state index is 0.606. The largest absolute Gasteiger partial charge is 0.384 e. The van der Waals surface area contributed by atoms with E-state index in [1.165, 1.54) is 0 Å². The summed E-state index contributed by atoms with van der Waals surface area (Å²) in [5, 5.41) is 7.46. The number of rotatable bonds is 0. The first-order valence-electron chi connectivity index (χ1n) is 2.93. The average molecular weight is 134 g/mol. The minimum absolute atomic E-state index is 0.606. The van der Waals surface area contributed by atoms with E-state index in [0.717, 1.165) is 5.52 Å². The Bertz CT molecular complexity index is 351. The van der Waals surface area contributed by atoms with Crippen LogP contribution in [0, 0.1) is 0 Å². The van der Waals surface area contributed by atoms with Crippen LogP contribution in [0.2, 0.25) is 0 Å². The molecule has 0 unspecified atom stereocenters. The van der Waals surface area contributed by atoms with Crippen LogP contribution in [0.25, 0.3) is 5.52 Å². The molecule has 2 aromatic rings. The van der Waals surface area contributed by atoms with Gasteiger partial charge in [-0.05, 0) is 12.1 Å². The molecule has 0 amide bonds. The highest BCUT2D eigenvalue weighted by atomic mass is 15.4. The first kappa shape index (κ1) is 5.22. The van der Waals surface area contributed by atoms with Crippen molar-refractivity contribution in [2.75, 3.05) is 5.73 Å². The first-order chi connectivity index (χ1) is 4.88. The van der Waals surface area contributed by atoms with E-state index in [-0.39, 0.29) is 0 Å². The molecule has 2 N–H and O–H groups in total. The van der Waals surface area contributed by atoms with E-state index in [1.807, 2.05) is 12.1 Å². The number of hydrogen-bond donors (Lipinski definition) is 1. The van der Waals surface area contributed by atoms with Crippen LogP contribution in [0.5, 0.6) is 0 Å². The van der Waals surface area contributed by atoms with Crippen molar-refractivity contribution in [2.24, 2.45) is 0 Å². The van der Waals surface area contributed by atoms with Crippen LogP contribution in [0.1, 0.15) is 0 Å². The number of nitrogens with two attached hydrogens (primary N) is 1. The lowest BCUT2D eigenvalue weighted by atomic mass is 10.4. The second-order valence-electron chi connectivity index (χ2n) is 2.02. The van der Waals surface area contributed by atoms with Crippen molar-refractivity contribution in [1.82, 2.24) is 14.8 Å². The standard InChI is InChI=1S/C6H6N4/c7-6-3-1-2-5-4-8-9-10(5)6/h1-4H,7H2. The van der Waals surface area contributed by atoms with Gasteiger partial charge in [-0.2, -0.15) is 4.52 Å². The van der Waals surface area contributed by atoms with Gasteiger partial charge in [0.1, 0.15) is 5.82 Å². The van der Waals surface area contributed by atoms with Crippen molar-refractivity contribution >= 4 is 11.3 Å². The minimum Gasteiger partial charge on any atom is -0.384 e. The SMILES string of the molecule is Nc1cccc2cnnn12. The maximum atomic E-state index is 5.56. The molecule has 0 saturated heterocycles. The highest BCUT2D eigenvalue weighted by molar-refractivity contribution is 5.49. The number of fused-ring (bicyclic) bond motifs is 1. The number of hydrogen-bond acceptors (Lipinski definition) is 3. The first-order valence-corrected chi connectivity index (χ1v) is 2.93. The van der Waals surface area contributed by atoms with Gasteiger partial charge in [-0.3, -0.25) is 0 Å². The van der Waals surface area contributed by atoms with Gasteiger partial charge in [0.15, 0.2) is 0 Å². The van der Waals surface area contributed by atoms with Crippen LogP contribution in [-0.2, 0) is 0 Å². The predicted molar refractivity (Wildman–Crippen MR) is 37.4 cm³/mol. The lowest BCUT2D eigenvalue weighted by Crippen LogP contribution is -1.96. The second kappa shape index (κ2) is 1.70. The fourth-order valence-electron chi connectivity index (χ4n) is 0.873. The van der Waals surface area contributed by atoms with Crippen LogP contribution in [0.4, 0.5) is 5.82 Å². The van der Waals surface area contributed by atoms with Crippen LogP contribution in [0.15, 0.2) is 24.4 Å². The summed E-state index contributed by atoms with van der Waals surface area (Å²) in [6, 6.07) is 5.55. The highest BCUT2D eigenvalue weighted by Gasteiger charge is 1.94. The monoisotopic (exact) mass is 134 g/mol. The summed E-state index contributed by atoms with van der Waals surface area (Å²) in [5.74, 6) is 0.606. The Balaban J connectivity index is 2.95. The molecule has 0 spiro atoms. The Kier molecular flexibility index (Phi) is 0.887. The van der Waals surface area contributed by atoms with Crippen molar-refractivity contribution < 1.29 is 0 Å². The molecule has 4 heteroatoms. The molecule has 0 aromatic carbocycles. The van der Waals surface area contributed by atoms with E-state index in [2.05, 4.69) is 10.3 Å². The van der Waals surface area contributed by atoms with Crippen LogP contribution < -0.4 is 5.73 Å². The third kappa shape index (κ3) is 0.556. The van der Waals surface area contributed by atoms with E-state index >= 15 is 0 Å². The van der Waals surface area contributed by atoms with Crippen LogP contribution in [-0.4, -0.2) is 14.8 Å². The maximum Gasteiger partial charge on any atom is 0.127 e. The van der Waals surface area contributed by atoms with Gasteiger partial charge in [0.2, 0.25) is 0 Å². The van der Waals surface area contributed by atoms with E-state index in [0.29, 0.717) is 5.82 Å². The van der Waals surface area contributed by atoms with Crippen molar-refractivity contribution in [3.8, 4) is 0 Å². The van der Waals surface area contributed by atoms with Gasteiger partial charge in [0.05, 0.1) is 11.7 Å². The molecule has 0 radical (unpaired) electrons. The van der Waals surface area contributed by atoms with Gasteiger partial charge in [-0.15, -0.1) is 5.10 Å². The van der Waals surface area contributed by atoms with Crippen molar-refractivity contribution in [1.29, 1.82) is 0 Å². The summed E-state index contributed by atoms with van der Waals surface area (Å²) in [4.78, 5) is 0. The molecular formula is C6H6N4. The Labute approximate surface area is 57.3 Å². The second-order valence-corrected chi connectivity index (χ2v) is 2.02. The summed E-state index contributed by atoms with van der Waals surface area (Å²) in [6.07, 6.45) is 1.66. The van der Waals surface area contributed by atoms with E-state index < -0.39 is 0 Å². The number of anilines is 1. The van der Waals surface area contributed by atoms with Gasteiger partial charge in [-0.25, -0.2) is 0 Å². The zero-order valence-electron chi connectivity index (χ0n) is 5.23. The third-order valence-corrected chi connectivity index (χ3v) is 1.35. The Morgan fingerprint density at radius 3 is 3.10 bits per heavy atom. The van der Waals surface area contributed by atoms with Crippen LogP contribution >= 0.6 is 0 Å². The number of nitrogens with zero attached hydrogens (tertiary/aromatic N) is 3. The molecule has 4 nitrogen and oxygen atoms in total. The topological polar surface area (TPSA) is 56.2 Å². The summed E-state index contributed by atoms with van der Waals surface area (Å²) >= 11 is 0. The van der Waals surface area contributed by atoms with E-state index in [4.69, 9.17) is 5.73 Å². The van der Waals surface area contributed by atoms with E-state index in [9.17, 15) is 0 Å². The van der Waals surface area contributed by atoms with Crippen LogP contribution in [0.3, 0.4) is 0 Å². The molecule has 0 saturated carbocycles. The summed E-state index contributed by atoms with van der Waals surface area (Å²) < 4.78 is 1.58. The summed E-state index contributed by atoms with van der Waals surface area (Å²) in [5.41, 5.74) is 6.48.